The molecule has 9 aromatic carbocycles. The van der Waals surface area contributed by atoms with Gasteiger partial charge in [0.2, 0.25) is 0 Å². The van der Waals surface area contributed by atoms with Crippen molar-refractivity contribution in [3.8, 4) is 56.4 Å². The maximum Gasteiger partial charge on any atom is 0.164 e. The number of fused-ring (bicyclic) bond motifs is 9. The Morgan fingerprint density at radius 1 is 0.273 bits per heavy atom. The van der Waals surface area contributed by atoms with Gasteiger partial charge in [0.05, 0.1) is 0 Å². The minimum atomic E-state index is 0.643. The summed E-state index contributed by atoms with van der Waals surface area (Å²) < 4.78 is 2.47. The fourth-order valence-corrected chi connectivity index (χ4v) is 9.25. The summed E-state index contributed by atoms with van der Waals surface area (Å²) in [7, 11) is 0. The number of aromatic nitrogens is 3. The van der Waals surface area contributed by atoms with Crippen molar-refractivity contribution in [3.63, 3.8) is 0 Å². The first kappa shape index (κ1) is 31.5. The monoisotopic (exact) mass is 717 g/mol. The molecule has 2 heterocycles. The average Bonchev–Trinajstić information content (AvgIpc) is 3.65. The van der Waals surface area contributed by atoms with Crippen LogP contribution >= 0.6 is 11.3 Å². The summed E-state index contributed by atoms with van der Waals surface area (Å²) in [5.41, 5.74) is 7.51. The average molecular weight is 718 g/mol. The van der Waals surface area contributed by atoms with E-state index in [1.165, 1.54) is 69.2 Å². The van der Waals surface area contributed by atoms with Crippen LogP contribution in [0.3, 0.4) is 0 Å². The van der Waals surface area contributed by atoms with E-state index < -0.39 is 0 Å². The lowest BCUT2D eigenvalue weighted by Crippen LogP contribution is -2.00. The van der Waals surface area contributed by atoms with Crippen molar-refractivity contribution in [2.24, 2.45) is 0 Å². The minimum Gasteiger partial charge on any atom is -0.208 e. The molecule has 0 radical (unpaired) electrons. The van der Waals surface area contributed by atoms with Crippen molar-refractivity contribution in [1.82, 2.24) is 15.0 Å². The maximum absolute atomic E-state index is 5.18. The second kappa shape index (κ2) is 12.8. The highest BCUT2D eigenvalue weighted by molar-refractivity contribution is 7.26. The van der Waals surface area contributed by atoms with Crippen molar-refractivity contribution in [1.29, 1.82) is 0 Å². The van der Waals surface area contributed by atoms with E-state index in [9.17, 15) is 0 Å². The molecule has 0 aliphatic carbocycles. The fraction of sp³-hybridized carbons (Fsp3) is 0. The number of benzene rings is 9. The Morgan fingerprint density at radius 3 is 1.36 bits per heavy atom. The topological polar surface area (TPSA) is 38.7 Å². The van der Waals surface area contributed by atoms with Crippen LogP contribution in [0.1, 0.15) is 0 Å². The van der Waals surface area contributed by atoms with Crippen LogP contribution in [0.25, 0.3) is 109 Å². The third kappa shape index (κ3) is 5.38. The predicted molar refractivity (Wildman–Crippen MR) is 232 cm³/mol. The lowest BCUT2D eigenvalue weighted by molar-refractivity contribution is 1.07. The van der Waals surface area contributed by atoms with E-state index in [0.717, 1.165) is 22.3 Å². The Balaban J connectivity index is 1.05. The van der Waals surface area contributed by atoms with Gasteiger partial charge in [-0.2, -0.15) is 0 Å². The molecule has 55 heavy (non-hydrogen) atoms. The van der Waals surface area contributed by atoms with Crippen LogP contribution in [0.15, 0.2) is 188 Å². The number of hydrogen-bond acceptors (Lipinski definition) is 4. The van der Waals surface area contributed by atoms with E-state index in [1.54, 1.807) is 0 Å². The largest absolute Gasteiger partial charge is 0.208 e. The van der Waals surface area contributed by atoms with Crippen molar-refractivity contribution in [2.45, 2.75) is 0 Å². The molecule has 0 bridgehead atoms. The Hall–Kier alpha value is -7.01. The molecule has 0 saturated heterocycles. The molecule has 4 heteroatoms. The van der Waals surface area contributed by atoms with Gasteiger partial charge in [0.1, 0.15) is 0 Å². The molecule has 0 atom stereocenters. The SMILES string of the molecule is c1ccc(-c2nc(-c3ccc(-c4ccc5c6ccccc6c6ccccc6c5c4)cc3)nc(-c3cc(-c4ccccc4)c4c(c3)sc3ccccc34)n2)cc1. The molecular weight excluding hydrogens is 687 g/mol. The Labute approximate surface area is 321 Å². The smallest absolute Gasteiger partial charge is 0.164 e. The Kier molecular flexibility index (Phi) is 7.35. The van der Waals surface area contributed by atoms with Crippen molar-refractivity contribution >= 4 is 63.8 Å². The molecule has 11 rings (SSSR count). The van der Waals surface area contributed by atoms with E-state index in [2.05, 4.69) is 170 Å². The zero-order valence-corrected chi connectivity index (χ0v) is 30.5. The molecule has 11 aromatic rings. The van der Waals surface area contributed by atoms with E-state index in [1.807, 2.05) is 29.5 Å². The van der Waals surface area contributed by atoms with E-state index in [-0.39, 0.29) is 0 Å². The molecule has 0 unspecified atom stereocenters. The molecule has 0 saturated carbocycles. The summed E-state index contributed by atoms with van der Waals surface area (Å²) in [6.07, 6.45) is 0. The van der Waals surface area contributed by atoms with Crippen LogP contribution in [0.5, 0.6) is 0 Å². The summed E-state index contributed by atoms with van der Waals surface area (Å²) in [5.74, 6) is 1.94. The number of rotatable bonds is 5. The molecule has 0 N–H and O–H groups in total. The van der Waals surface area contributed by atoms with Crippen LogP contribution in [0.2, 0.25) is 0 Å². The first-order valence-electron chi connectivity index (χ1n) is 18.5. The molecule has 0 aliphatic rings. The Bertz CT molecular complexity index is 3210. The van der Waals surface area contributed by atoms with Gasteiger partial charge in [-0.15, -0.1) is 11.3 Å². The fourth-order valence-electron chi connectivity index (χ4n) is 8.08. The second-order valence-corrected chi connectivity index (χ2v) is 15.0. The summed E-state index contributed by atoms with van der Waals surface area (Å²) in [6, 6.07) is 66.9. The van der Waals surface area contributed by atoms with Gasteiger partial charge in [-0.05, 0) is 78.8 Å². The highest BCUT2D eigenvalue weighted by Crippen LogP contribution is 2.43. The van der Waals surface area contributed by atoms with Crippen LogP contribution in [-0.2, 0) is 0 Å². The molecule has 3 nitrogen and oxygen atoms in total. The standard InChI is InChI=1S/C51H31N3S/c1-3-13-33(14-4-1)44-30-37(31-47-48(44)43-21-11-12-22-46(43)55-47)51-53-49(34-15-5-2-6-16-34)52-50(54-51)35-25-23-32(24-26-35)36-27-28-42-40-19-8-7-17-38(40)39-18-9-10-20-41(39)45(42)29-36/h1-31H. The van der Waals surface area contributed by atoms with Gasteiger partial charge >= 0.3 is 0 Å². The van der Waals surface area contributed by atoms with Gasteiger partial charge in [-0.25, -0.2) is 15.0 Å². The third-order valence-corrected chi connectivity index (χ3v) is 11.8. The summed E-state index contributed by atoms with van der Waals surface area (Å²) >= 11 is 1.81. The first-order chi connectivity index (χ1) is 27.2. The third-order valence-electron chi connectivity index (χ3n) is 10.7. The number of hydrogen-bond donors (Lipinski definition) is 0. The molecule has 256 valence electrons. The van der Waals surface area contributed by atoms with Crippen LogP contribution in [-0.4, -0.2) is 15.0 Å². The van der Waals surface area contributed by atoms with Crippen LogP contribution < -0.4 is 0 Å². The number of nitrogens with zero attached hydrogens (tertiary/aromatic N) is 3. The number of thiophene rings is 1. The summed E-state index contributed by atoms with van der Waals surface area (Å²) in [4.78, 5) is 15.4. The predicted octanol–water partition coefficient (Wildman–Crippen LogP) is 14.0. The minimum absolute atomic E-state index is 0.643. The first-order valence-corrected chi connectivity index (χ1v) is 19.3. The van der Waals surface area contributed by atoms with Gasteiger partial charge in [0.15, 0.2) is 17.5 Å². The molecule has 0 aliphatic heterocycles. The maximum atomic E-state index is 5.18. The lowest BCUT2D eigenvalue weighted by atomic mass is 9.92. The summed E-state index contributed by atoms with van der Waals surface area (Å²) in [6.45, 7) is 0. The highest BCUT2D eigenvalue weighted by atomic mass is 32.1. The van der Waals surface area contributed by atoms with Crippen LogP contribution in [0, 0.1) is 0 Å². The lowest BCUT2D eigenvalue weighted by Gasteiger charge is -2.13. The van der Waals surface area contributed by atoms with Crippen molar-refractivity contribution in [3.05, 3.63) is 188 Å². The van der Waals surface area contributed by atoms with Gasteiger partial charge in [0, 0.05) is 36.9 Å². The zero-order chi connectivity index (χ0) is 36.3. The molecule has 0 amide bonds. The van der Waals surface area contributed by atoms with E-state index in [4.69, 9.17) is 15.0 Å². The van der Waals surface area contributed by atoms with Gasteiger partial charge < -0.3 is 0 Å². The molecule has 2 aromatic heterocycles. The molecule has 0 spiro atoms. The van der Waals surface area contributed by atoms with Gasteiger partial charge in [0.25, 0.3) is 0 Å². The second-order valence-electron chi connectivity index (χ2n) is 14.0. The normalized spacial score (nSPS) is 11.6. The molecular formula is C51H31N3S. The quantitative estimate of drug-likeness (QED) is 0.166. The Morgan fingerprint density at radius 2 is 0.727 bits per heavy atom. The zero-order valence-electron chi connectivity index (χ0n) is 29.6. The van der Waals surface area contributed by atoms with Crippen molar-refractivity contribution in [2.75, 3.05) is 0 Å². The van der Waals surface area contributed by atoms with Crippen molar-refractivity contribution < 1.29 is 0 Å². The summed E-state index contributed by atoms with van der Waals surface area (Å²) in [5, 5.41) is 10.2. The van der Waals surface area contributed by atoms with Gasteiger partial charge in [-0.3, -0.25) is 0 Å². The van der Waals surface area contributed by atoms with E-state index >= 15 is 0 Å². The molecule has 0 fully saturated rings. The highest BCUT2D eigenvalue weighted by Gasteiger charge is 2.18. The van der Waals surface area contributed by atoms with Crippen LogP contribution in [0.4, 0.5) is 0 Å². The van der Waals surface area contributed by atoms with E-state index in [0.29, 0.717) is 17.5 Å². The van der Waals surface area contributed by atoms with Gasteiger partial charge in [-0.1, -0.05) is 164 Å².